The van der Waals surface area contributed by atoms with E-state index in [1.807, 2.05) is 0 Å². The third kappa shape index (κ3) is 2.81. The van der Waals surface area contributed by atoms with Crippen LogP contribution in [0.1, 0.15) is 29.6 Å². The Morgan fingerprint density at radius 2 is 1.87 bits per heavy atom. The molecular formula is C17H19NO5. The molecule has 2 aliphatic rings. The Hall–Kier alpha value is -2.37. The minimum Gasteiger partial charge on any atom is -0.481 e. The molecule has 0 saturated heterocycles. The molecule has 4 atom stereocenters. The number of anilines is 1. The van der Waals surface area contributed by atoms with Gasteiger partial charge in [0.05, 0.1) is 24.5 Å². The zero-order valence-corrected chi connectivity index (χ0v) is 12.8. The second-order valence-electron chi connectivity index (χ2n) is 6.28. The number of amides is 1. The van der Waals surface area contributed by atoms with E-state index in [-0.39, 0.29) is 17.7 Å². The first-order valence-electron chi connectivity index (χ1n) is 7.73. The molecule has 2 fully saturated rings. The number of benzene rings is 1. The van der Waals surface area contributed by atoms with E-state index in [0.29, 0.717) is 11.3 Å². The molecular weight excluding hydrogens is 298 g/mol. The van der Waals surface area contributed by atoms with Crippen LogP contribution in [-0.2, 0) is 14.3 Å². The Kier molecular flexibility index (Phi) is 4.07. The fourth-order valence-electron chi connectivity index (χ4n) is 4.09. The minimum absolute atomic E-state index is 0.106. The quantitative estimate of drug-likeness (QED) is 0.830. The average molecular weight is 317 g/mol. The van der Waals surface area contributed by atoms with Gasteiger partial charge in [0.2, 0.25) is 5.91 Å². The lowest BCUT2D eigenvalue weighted by molar-refractivity contribution is -0.148. The van der Waals surface area contributed by atoms with Crippen molar-refractivity contribution in [3.05, 3.63) is 29.8 Å². The van der Waals surface area contributed by atoms with Crippen LogP contribution in [0, 0.1) is 23.7 Å². The first kappa shape index (κ1) is 15.5. The molecule has 0 heterocycles. The van der Waals surface area contributed by atoms with Crippen molar-refractivity contribution in [2.24, 2.45) is 23.7 Å². The van der Waals surface area contributed by atoms with Crippen molar-refractivity contribution in [3.63, 3.8) is 0 Å². The molecule has 2 saturated carbocycles. The number of carboxylic acid groups (broad SMARTS) is 1. The summed E-state index contributed by atoms with van der Waals surface area (Å²) in [6.45, 7) is 0. The van der Waals surface area contributed by atoms with Crippen molar-refractivity contribution in [3.8, 4) is 0 Å². The summed E-state index contributed by atoms with van der Waals surface area (Å²) in [4.78, 5) is 35.6. The second-order valence-corrected chi connectivity index (χ2v) is 6.28. The van der Waals surface area contributed by atoms with Gasteiger partial charge in [-0.2, -0.15) is 0 Å². The first-order valence-corrected chi connectivity index (χ1v) is 7.73. The van der Waals surface area contributed by atoms with Crippen molar-refractivity contribution in [1.29, 1.82) is 0 Å². The van der Waals surface area contributed by atoms with Crippen molar-refractivity contribution in [2.45, 2.75) is 19.3 Å². The summed E-state index contributed by atoms with van der Waals surface area (Å²) in [7, 11) is 1.29. The van der Waals surface area contributed by atoms with E-state index in [4.69, 9.17) is 0 Å². The summed E-state index contributed by atoms with van der Waals surface area (Å²) >= 11 is 0. The normalized spacial score (nSPS) is 28.4. The van der Waals surface area contributed by atoms with E-state index < -0.39 is 23.8 Å². The Balaban J connectivity index is 1.77. The summed E-state index contributed by atoms with van der Waals surface area (Å²) in [5.41, 5.74) is 0.817. The van der Waals surface area contributed by atoms with Crippen molar-refractivity contribution < 1.29 is 24.2 Å². The van der Waals surface area contributed by atoms with E-state index in [1.165, 1.54) is 13.2 Å². The van der Waals surface area contributed by atoms with Crippen LogP contribution in [0.3, 0.4) is 0 Å². The molecule has 1 amide bonds. The van der Waals surface area contributed by atoms with E-state index in [0.717, 1.165) is 19.3 Å². The van der Waals surface area contributed by atoms with Gasteiger partial charge in [0.15, 0.2) is 0 Å². The van der Waals surface area contributed by atoms with Gasteiger partial charge in [0.25, 0.3) is 0 Å². The molecule has 2 bridgehead atoms. The largest absolute Gasteiger partial charge is 0.481 e. The fraction of sp³-hybridized carbons (Fsp3) is 0.471. The van der Waals surface area contributed by atoms with Gasteiger partial charge in [-0.15, -0.1) is 0 Å². The lowest BCUT2D eigenvalue weighted by Crippen LogP contribution is -2.37. The van der Waals surface area contributed by atoms with Crippen molar-refractivity contribution in [1.82, 2.24) is 0 Å². The van der Waals surface area contributed by atoms with Crippen LogP contribution < -0.4 is 5.32 Å². The molecule has 6 nitrogen and oxygen atoms in total. The average Bonchev–Trinajstić information content (AvgIpc) is 3.15. The van der Waals surface area contributed by atoms with Crippen LogP contribution >= 0.6 is 0 Å². The van der Waals surface area contributed by atoms with Crippen LogP contribution in [-0.4, -0.2) is 30.1 Å². The van der Waals surface area contributed by atoms with Crippen LogP contribution in [0.2, 0.25) is 0 Å². The highest BCUT2D eigenvalue weighted by atomic mass is 16.5. The highest BCUT2D eigenvalue weighted by Gasteiger charge is 2.53. The number of carbonyl (C=O) groups excluding carboxylic acids is 2. The Labute approximate surface area is 133 Å². The number of carbonyl (C=O) groups is 3. The van der Waals surface area contributed by atoms with E-state index in [1.54, 1.807) is 18.2 Å². The molecule has 2 aliphatic carbocycles. The van der Waals surface area contributed by atoms with E-state index in [9.17, 15) is 19.5 Å². The zero-order valence-electron chi connectivity index (χ0n) is 12.8. The van der Waals surface area contributed by atoms with Crippen molar-refractivity contribution >= 4 is 23.5 Å². The Morgan fingerprint density at radius 3 is 2.52 bits per heavy atom. The molecule has 0 spiro atoms. The molecule has 2 N–H and O–H groups in total. The molecule has 0 unspecified atom stereocenters. The standard InChI is InChI=1S/C17H19NO5/c1-23-17(22)11-3-2-4-12(8-11)18-15(19)13-9-5-6-10(7-9)14(13)16(20)21/h2-4,8-10,13-14H,5-7H2,1H3,(H,18,19)(H,20,21)/t9-,10+,13+,14+/m1/s1. The monoisotopic (exact) mass is 317 g/mol. The SMILES string of the molecule is COC(=O)c1cccc(NC(=O)[C@H]2[C@@H]3CC[C@@H](C3)[C@@H]2C(=O)O)c1. The van der Waals surface area contributed by atoms with Gasteiger partial charge < -0.3 is 15.2 Å². The summed E-state index contributed by atoms with van der Waals surface area (Å²) < 4.78 is 4.66. The predicted octanol–water partition coefficient (Wildman–Crippen LogP) is 2.16. The zero-order chi connectivity index (χ0) is 16.6. The smallest absolute Gasteiger partial charge is 0.337 e. The molecule has 6 heteroatoms. The van der Waals surface area contributed by atoms with Crippen LogP contribution in [0.4, 0.5) is 5.69 Å². The van der Waals surface area contributed by atoms with Gasteiger partial charge in [-0.1, -0.05) is 6.07 Å². The van der Waals surface area contributed by atoms with Gasteiger partial charge >= 0.3 is 11.9 Å². The third-order valence-electron chi connectivity index (χ3n) is 5.06. The number of hydrogen-bond donors (Lipinski definition) is 2. The number of nitrogens with one attached hydrogen (secondary N) is 1. The summed E-state index contributed by atoms with van der Waals surface area (Å²) in [5, 5.41) is 12.2. The Bertz CT molecular complexity index is 656. The number of carboxylic acids is 1. The maximum atomic E-state index is 12.6. The molecule has 0 aliphatic heterocycles. The lowest BCUT2D eigenvalue weighted by Gasteiger charge is -2.27. The summed E-state index contributed by atoms with van der Waals surface area (Å²) in [6.07, 6.45) is 2.62. The number of hydrogen-bond acceptors (Lipinski definition) is 4. The molecule has 0 radical (unpaired) electrons. The molecule has 122 valence electrons. The number of ether oxygens (including phenoxy) is 1. The van der Waals surface area contributed by atoms with Gasteiger partial charge in [-0.25, -0.2) is 4.79 Å². The van der Waals surface area contributed by atoms with Gasteiger partial charge in [-0.3, -0.25) is 9.59 Å². The maximum absolute atomic E-state index is 12.6. The molecule has 1 aromatic carbocycles. The van der Waals surface area contributed by atoms with E-state index >= 15 is 0 Å². The van der Waals surface area contributed by atoms with E-state index in [2.05, 4.69) is 10.1 Å². The van der Waals surface area contributed by atoms with Gasteiger partial charge in [0.1, 0.15) is 0 Å². The molecule has 3 rings (SSSR count). The highest BCUT2D eigenvalue weighted by Crippen LogP contribution is 2.52. The number of methoxy groups -OCH3 is 1. The number of rotatable bonds is 4. The fourth-order valence-corrected chi connectivity index (χ4v) is 4.09. The predicted molar refractivity (Wildman–Crippen MR) is 81.9 cm³/mol. The minimum atomic E-state index is -0.888. The third-order valence-corrected chi connectivity index (χ3v) is 5.06. The number of esters is 1. The molecule has 0 aromatic heterocycles. The van der Waals surface area contributed by atoms with Crippen LogP contribution in [0.5, 0.6) is 0 Å². The maximum Gasteiger partial charge on any atom is 0.337 e. The summed E-state index contributed by atoms with van der Waals surface area (Å²) in [5.74, 6) is -2.48. The first-order chi connectivity index (χ1) is 11.0. The summed E-state index contributed by atoms with van der Waals surface area (Å²) in [6, 6.07) is 6.45. The topological polar surface area (TPSA) is 92.7 Å². The highest BCUT2D eigenvalue weighted by molar-refractivity contribution is 5.97. The number of aliphatic carboxylic acids is 1. The van der Waals surface area contributed by atoms with Crippen LogP contribution in [0.25, 0.3) is 0 Å². The van der Waals surface area contributed by atoms with Crippen LogP contribution in [0.15, 0.2) is 24.3 Å². The lowest BCUT2D eigenvalue weighted by atomic mass is 9.78. The van der Waals surface area contributed by atoms with Gasteiger partial charge in [-0.05, 0) is 49.3 Å². The number of fused-ring (bicyclic) bond motifs is 2. The van der Waals surface area contributed by atoms with Crippen molar-refractivity contribution in [2.75, 3.05) is 12.4 Å². The second kappa shape index (κ2) is 6.02. The molecule has 23 heavy (non-hydrogen) atoms. The molecule has 1 aromatic rings. The Morgan fingerprint density at radius 1 is 1.17 bits per heavy atom. The van der Waals surface area contributed by atoms with Gasteiger partial charge in [0, 0.05) is 5.69 Å².